The molecule has 0 radical (unpaired) electrons. The zero-order chi connectivity index (χ0) is 9.80. The molecule has 1 amide bonds. The standard InChI is InChI=1S/C9H15NO3/c1-5-6-4-13-9(2,3)10(6)8(12)7(5)11/h5-7,11H,4H2,1-3H3. The van der Waals surface area contributed by atoms with Crippen molar-refractivity contribution in [1.82, 2.24) is 4.90 Å². The maximum absolute atomic E-state index is 11.6. The van der Waals surface area contributed by atoms with E-state index in [4.69, 9.17) is 4.74 Å². The van der Waals surface area contributed by atoms with Gasteiger partial charge in [-0.2, -0.15) is 0 Å². The molecule has 2 aliphatic heterocycles. The van der Waals surface area contributed by atoms with Crippen LogP contribution in [0, 0.1) is 5.92 Å². The van der Waals surface area contributed by atoms with Crippen LogP contribution in [0.4, 0.5) is 0 Å². The van der Waals surface area contributed by atoms with E-state index >= 15 is 0 Å². The SMILES string of the molecule is CC1C(O)C(=O)N2C1COC2(C)C. The fourth-order valence-corrected chi connectivity index (χ4v) is 2.23. The van der Waals surface area contributed by atoms with E-state index in [0.717, 1.165) is 0 Å². The van der Waals surface area contributed by atoms with Crippen molar-refractivity contribution in [2.24, 2.45) is 5.92 Å². The minimum absolute atomic E-state index is 0.0192. The second kappa shape index (κ2) is 2.45. The summed E-state index contributed by atoms with van der Waals surface area (Å²) in [5.41, 5.74) is -0.548. The summed E-state index contributed by atoms with van der Waals surface area (Å²) < 4.78 is 5.49. The summed E-state index contributed by atoms with van der Waals surface area (Å²) in [6.07, 6.45) is -0.840. The van der Waals surface area contributed by atoms with Crippen LogP contribution in [-0.4, -0.2) is 40.4 Å². The molecule has 74 valence electrons. The largest absolute Gasteiger partial charge is 0.383 e. The Balaban J connectivity index is 2.33. The molecule has 0 aromatic carbocycles. The first-order chi connectivity index (χ1) is 5.95. The lowest BCUT2D eigenvalue weighted by atomic mass is 10.0. The third-order valence-electron chi connectivity index (χ3n) is 3.11. The lowest BCUT2D eigenvalue weighted by Crippen LogP contribution is -2.44. The van der Waals surface area contributed by atoms with Gasteiger partial charge < -0.3 is 14.7 Å². The molecular weight excluding hydrogens is 170 g/mol. The highest BCUT2D eigenvalue weighted by Gasteiger charge is 2.55. The van der Waals surface area contributed by atoms with Gasteiger partial charge in [0.1, 0.15) is 11.8 Å². The van der Waals surface area contributed by atoms with E-state index in [1.807, 2.05) is 20.8 Å². The summed E-state index contributed by atoms with van der Waals surface area (Å²) in [5, 5.41) is 9.56. The average molecular weight is 185 g/mol. The number of carbonyl (C=O) groups is 1. The van der Waals surface area contributed by atoms with Crippen molar-refractivity contribution < 1.29 is 14.6 Å². The third kappa shape index (κ3) is 1.02. The number of carbonyl (C=O) groups excluding carboxylic acids is 1. The molecule has 0 bridgehead atoms. The molecule has 4 nitrogen and oxygen atoms in total. The normalized spacial score (nSPS) is 42.6. The highest BCUT2D eigenvalue weighted by Crippen LogP contribution is 2.38. The Bertz CT molecular complexity index is 251. The van der Waals surface area contributed by atoms with Crippen LogP contribution in [0.2, 0.25) is 0 Å². The maximum Gasteiger partial charge on any atom is 0.254 e. The smallest absolute Gasteiger partial charge is 0.254 e. The zero-order valence-corrected chi connectivity index (χ0v) is 8.15. The van der Waals surface area contributed by atoms with Crippen LogP contribution in [0.25, 0.3) is 0 Å². The first kappa shape index (κ1) is 8.97. The molecule has 13 heavy (non-hydrogen) atoms. The molecule has 2 aliphatic rings. The van der Waals surface area contributed by atoms with Crippen LogP contribution in [0.3, 0.4) is 0 Å². The van der Waals surface area contributed by atoms with Crippen molar-refractivity contribution in [3.63, 3.8) is 0 Å². The zero-order valence-electron chi connectivity index (χ0n) is 8.15. The van der Waals surface area contributed by atoms with Crippen LogP contribution in [0.1, 0.15) is 20.8 Å². The van der Waals surface area contributed by atoms with Gasteiger partial charge in [-0.05, 0) is 13.8 Å². The fourth-order valence-electron chi connectivity index (χ4n) is 2.23. The third-order valence-corrected chi connectivity index (χ3v) is 3.11. The number of fused-ring (bicyclic) bond motifs is 1. The number of aliphatic hydroxyl groups is 1. The molecular formula is C9H15NO3. The molecule has 0 aromatic heterocycles. The first-order valence-corrected chi connectivity index (χ1v) is 4.60. The molecule has 0 aliphatic carbocycles. The van der Waals surface area contributed by atoms with Gasteiger partial charge in [-0.3, -0.25) is 4.79 Å². The van der Waals surface area contributed by atoms with E-state index in [1.54, 1.807) is 4.90 Å². The van der Waals surface area contributed by atoms with E-state index in [0.29, 0.717) is 6.61 Å². The van der Waals surface area contributed by atoms with Gasteiger partial charge in [0.15, 0.2) is 0 Å². The van der Waals surface area contributed by atoms with Crippen molar-refractivity contribution in [2.75, 3.05) is 6.61 Å². The Morgan fingerprint density at radius 2 is 2.23 bits per heavy atom. The molecule has 0 spiro atoms. The van der Waals surface area contributed by atoms with Gasteiger partial charge in [0.25, 0.3) is 5.91 Å². The van der Waals surface area contributed by atoms with Crippen LogP contribution < -0.4 is 0 Å². The summed E-state index contributed by atoms with van der Waals surface area (Å²) in [6, 6.07) is 0.0532. The number of hydrogen-bond donors (Lipinski definition) is 1. The van der Waals surface area contributed by atoms with E-state index in [2.05, 4.69) is 0 Å². The van der Waals surface area contributed by atoms with Gasteiger partial charge >= 0.3 is 0 Å². The lowest BCUT2D eigenvalue weighted by molar-refractivity contribution is -0.148. The van der Waals surface area contributed by atoms with Gasteiger partial charge in [0.05, 0.1) is 12.6 Å². The molecule has 4 heteroatoms. The topological polar surface area (TPSA) is 49.8 Å². The summed E-state index contributed by atoms with van der Waals surface area (Å²) >= 11 is 0. The molecule has 3 unspecified atom stereocenters. The highest BCUT2D eigenvalue weighted by atomic mass is 16.5. The molecule has 3 atom stereocenters. The predicted octanol–water partition coefficient (Wildman–Crippen LogP) is -0.0395. The van der Waals surface area contributed by atoms with Crippen LogP contribution in [0.15, 0.2) is 0 Å². The average Bonchev–Trinajstić information content (AvgIpc) is 2.46. The predicted molar refractivity (Wildman–Crippen MR) is 45.8 cm³/mol. The van der Waals surface area contributed by atoms with Crippen molar-refractivity contribution in [3.05, 3.63) is 0 Å². The minimum atomic E-state index is -0.840. The van der Waals surface area contributed by atoms with E-state index in [-0.39, 0.29) is 17.9 Å². The van der Waals surface area contributed by atoms with Crippen LogP contribution in [0.5, 0.6) is 0 Å². The number of aliphatic hydroxyl groups excluding tert-OH is 1. The Labute approximate surface area is 77.5 Å². The Morgan fingerprint density at radius 3 is 2.77 bits per heavy atom. The summed E-state index contributed by atoms with van der Waals surface area (Å²) in [5.74, 6) is -0.214. The summed E-state index contributed by atoms with van der Waals surface area (Å²) in [6.45, 7) is 6.14. The van der Waals surface area contributed by atoms with E-state index in [1.165, 1.54) is 0 Å². The highest BCUT2D eigenvalue weighted by molar-refractivity contribution is 5.84. The van der Waals surface area contributed by atoms with Gasteiger partial charge in [-0.15, -0.1) is 0 Å². The number of nitrogens with zero attached hydrogens (tertiary/aromatic N) is 1. The van der Waals surface area contributed by atoms with Crippen molar-refractivity contribution in [2.45, 2.75) is 38.6 Å². The number of rotatable bonds is 0. The number of ether oxygens (including phenoxy) is 1. The molecule has 2 fully saturated rings. The van der Waals surface area contributed by atoms with E-state index < -0.39 is 11.8 Å². The molecule has 0 saturated carbocycles. The summed E-state index contributed by atoms with van der Waals surface area (Å²) in [7, 11) is 0. The van der Waals surface area contributed by atoms with Crippen molar-refractivity contribution in [1.29, 1.82) is 0 Å². The number of amides is 1. The van der Waals surface area contributed by atoms with Gasteiger partial charge in [-0.1, -0.05) is 6.92 Å². The molecule has 2 heterocycles. The lowest BCUT2D eigenvalue weighted by Gasteiger charge is -2.29. The van der Waals surface area contributed by atoms with Gasteiger partial charge in [0.2, 0.25) is 0 Å². The fraction of sp³-hybridized carbons (Fsp3) is 0.889. The maximum atomic E-state index is 11.6. The molecule has 1 N–H and O–H groups in total. The Kier molecular flexibility index (Phi) is 1.69. The molecule has 0 aromatic rings. The van der Waals surface area contributed by atoms with Crippen molar-refractivity contribution >= 4 is 5.91 Å². The Morgan fingerprint density at radius 1 is 1.62 bits per heavy atom. The first-order valence-electron chi connectivity index (χ1n) is 4.60. The molecule has 2 saturated heterocycles. The van der Waals surface area contributed by atoms with Gasteiger partial charge in [-0.25, -0.2) is 0 Å². The quantitative estimate of drug-likeness (QED) is 0.576. The molecule has 2 rings (SSSR count). The van der Waals surface area contributed by atoms with E-state index in [9.17, 15) is 9.90 Å². The second-order valence-electron chi connectivity index (χ2n) is 4.34. The van der Waals surface area contributed by atoms with Gasteiger partial charge in [0, 0.05) is 5.92 Å². The Hall–Kier alpha value is -0.610. The van der Waals surface area contributed by atoms with Crippen molar-refractivity contribution in [3.8, 4) is 0 Å². The number of hydrogen-bond acceptors (Lipinski definition) is 3. The second-order valence-corrected chi connectivity index (χ2v) is 4.34. The van der Waals surface area contributed by atoms with Crippen LogP contribution >= 0.6 is 0 Å². The van der Waals surface area contributed by atoms with Crippen LogP contribution in [-0.2, 0) is 9.53 Å². The summed E-state index contributed by atoms with van der Waals surface area (Å²) in [4.78, 5) is 13.3. The monoisotopic (exact) mass is 185 g/mol. The minimum Gasteiger partial charge on any atom is -0.383 e.